The molecule has 9 nitrogen and oxygen atoms in total. The third-order valence-electron chi connectivity index (χ3n) is 4.92. The third-order valence-corrected chi connectivity index (χ3v) is 4.92. The van der Waals surface area contributed by atoms with Crippen molar-refractivity contribution >= 4 is 34.6 Å². The maximum absolute atomic E-state index is 12.1. The van der Waals surface area contributed by atoms with Crippen LogP contribution in [0.3, 0.4) is 0 Å². The SMILES string of the molecule is Nc1cc([N+](=O)[O-])ccc1C(=O)OCC(=O)Nc1ccc(N2CCCCCC2)cc1. The van der Waals surface area contributed by atoms with Crippen molar-refractivity contribution in [2.24, 2.45) is 0 Å². The molecular weight excluding hydrogens is 388 g/mol. The molecule has 30 heavy (non-hydrogen) atoms. The minimum absolute atomic E-state index is 0.0322. The van der Waals surface area contributed by atoms with Gasteiger partial charge in [0.15, 0.2) is 6.61 Å². The lowest BCUT2D eigenvalue weighted by Gasteiger charge is -2.22. The Morgan fingerprint density at radius 3 is 2.33 bits per heavy atom. The zero-order valence-electron chi connectivity index (χ0n) is 16.5. The van der Waals surface area contributed by atoms with E-state index in [9.17, 15) is 19.7 Å². The summed E-state index contributed by atoms with van der Waals surface area (Å²) in [6.45, 7) is 1.57. The van der Waals surface area contributed by atoms with E-state index in [1.807, 2.05) is 24.3 Å². The Labute approximate surface area is 174 Å². The summed E-state index contributed by atoms with van der Waals surface area (Å²) in [5.74, 6) is -1.32. The average molecular weight is 412 g/mol. The van der Waals surface area contributed by atoms with Crippen LogP contribution in [0, 0.1) is 10.1 Å². The van der Waals surface area contributed by atoms with Crippen LogP contribution in [0.4, 0.5) is 22.7 Å². The van der Waals surface area contributed by atoms with Gasteiger partial charge in [-0.2, -0.15) is 0 Å². The van der Waals surface area contributed by atoms with Gasteiger partial charge in [-0.05, 0) is 43.2 Å². The Bertz CT molecular complexity index is 921. The predicted molar refractivity (Wildman–Crippen MR) is 114 cm³/mol. The number of nitrogens with two attached hydrogens (primary N) is 1. The highest BCUT2D eigenvalue weighted by atomic mass is 16.6. The molecule has 3 N–H and O–H groups in total. The van der Waals surface area contributed by atoms with E-state index in [1.165, 1.54) is 31.7 Å². The fraction of sp³-hybridized carbons (Fsp3) is 0.333. The van der Waals surface area contributed by atoms with Crippen molar-refractivity contribution < 1.29 is 19.2 Å². The first-order chi connectivity index (χ1) is 14.4. The van der Waals surface area contributed by atoms with Crippen molar-refractivity contribution in [2.45, 2.75) is 25.7 Å². The predicted octanol–water partition coefficient (Wildman–Crippen LogP) is 3.35. The van der Waals surface area contributed by atoms with Gasteiger partial charge in [0.05, 0.1) is 16.2 Å². The van der Waals surface area contributed by atoms with Crippen LogP contribution in [0.1, 0.15) is 36.0 Å². The van der Waals surface area contributed by atoms with Crippen LogP contribution in [0.2, 0.25) is 0 Å². The molecule has 1 aliphatic heterocycles. The first-order valence-electron chi connectivity index (χ1n) is 9.80. The molecule has 2 aromatic carbocycles. The normalized spacial score (nSPS) is 13.9. The Morgan fingerprint density at radius 1 is 1.07 bits per heavy atom. The molecule has 9 heteroatoms. The smallest absolute Gasteiger partial charge is 0.340 e. The summed E-state index contributed by atoms with van der Waals surface area (Å²) in [7, 11) is 0. The quantitative estimate of drug-likeness (QED) is 0.322. The first kappa shape index (κ1) is 21.1. The van der Waals surface area contributed by atoms with Crippen LogP contribution in [-0.4, -0.2) is 36.5 Å². The monoisotopic (exact) mass is 412 g/mol. The topological polar surface area (TPSA) is 128 Å². The van der Waals surface area contributed by atoms with Crippen molar-refractivity contribution in [3.8, 4) is 0 Å². The number of nitro benzene ring substituents is 1. The van der Waals surface area contributed by atoms with Crippen LogP contribution in [0.25, 0.3) is 0 Å². The molecule has 0 radical (unpaired) electrons. The molecule has 0 aromatic heterocycles. The second-order valence-corrected chi connectivity index (χ2v) is 7.10. The molecule has 0 aliphatic carbocycles. The zero-order valence-corrected chi connectivity index (χ0v) is 16.5. The van der Waals surface area contributed by atoms with Crippen LogP contribution in [0.15, 0.2) is 42.5 Å². The maximum Gasteiger partial charge on any atom is 0.340 e. The second kappa shape index (κ2) is 9.73. The van der Waals surface area contributed by atoms with Gasteiger partial charge in [0.25, 0.3) is 11.6 Å². The molecule has 0 bridgehead atoms. The molecule has 0 unspecified atom stereocenters. The minimum atomic E-state index is -0.825. The molecule has 1 amide bonds. The second-order valence-electron chi connectivity index (χ2n) is 7.10. The van der Waals surface area contributed by atoms with E-state index in [2.05, 4.69) is 10.2 Å². The van der Waals surface area contributed by atoms with Crippen molar-refractivity contribution in [1.29, 1.82) is 0 Å². The number of nitrogens with zero attached hydrogens (tertiary/aromatic N) is 2. The lowest BCUT2D eigenvalue weighted by molar-refractivity contribution is -0.384. The molecule has 0 atom stereocenters. The van der Waals surface area contributed by atoms with E-state index in [4.69, 9.17) is 10.5 Å². The molecule has 3 rings (SSSR count). The van der Waals surface area contributed by atoms with E-state index >= 15 is 0 Å². The number of hydrogen-bond donors (Lipinski definition) is 2. The average Bonchev–Trinajstić information content (AvgIpc) is 3.02. The summed E-state index contributed by atoms with van der Waals surface area (Å²) >= 11 is 0. The van der Waals surface area contributed by atoms with Gasteiger partial charge in [0.1, 0.15) is 0 Å². The fourth-order valence-corrected chi connectivity index (χ4v) is 3.34. The minimum Gasteiger partial charge on any atom is -0.452 e. The molecule has 2 aromatic rings. The maximum atomic E-state index is 12.1. The summed E-state index contributed by atoms with van der Waals surface area (Å²) in [6, 6.07) is 11.0. The van der Waals surface area contributed by atoms with Gasteiger partial charge in [0, 0.05) is 36.6 Å². The van der Waals surface area contributed by atoms with Gasteiger partial charge < -0.3 is 20.7 Å². The van der Waals surface area contributed by atoms with Gasteiger partial charge >= 0.3 is 5.97 Å². The fourth-order valence-electron chi connectivity index (χ4n) is 3.34. The number of nitrogens with one attached hydrogen (secondary N) is 1. The van der Waals surface area contributed by atoms with Gasteiger partial charge in [-0.25, -0.2) is 4.79 Å². The van der Waals surface area contributed by atoms with Crippen molar-refractivity contribution in [3.63, 3.8) is 0 Å². The highest BCUT2D eigenvalue weighted by Gasteiger charge is 2.17. The van der Waals surface area contributed by atoms with Crippen LogP contribution < -0.4 is 16.0 Å². The highest BCUT2D eigenvalue weighted by molar-refractivity contribution is 5.98. The highest BCUT2D eigenvalue weighted by Crippen LogP contribution is 2.22. The van der Waals surface area contributed by atoms with Gasteiger partial charge in [0.2, 0.25) is 0 Å². The molecule has 0 saturated carbocycles. The number of carbonyl (C=O) groups is 2. The van der Waals surface area contributed by atoms with Crippen LogP contribution in [0.5, 0.6) is 0 Å². The summed E-state index contributed by atoms with van der Waals surface area (Å²) in [6.07, 6.45) is 4.88. The number of esters is 1. The standard InChI is InChI=1S/C21H24N4O5/c22-19-13-17(25(28)29)9-10-18(19)21(27)30-14-20(26)23-15-5-7-16(8-6-15)24-11-3-1-2-4-12-24/h5-10,13H,1-4,11-12,14,22H2,(H,23,26). The Balaban J connectivity index is 1.52. The van der Waals surface area contributed by atoms with E-state index in [0.29, 0.717) is 5.69 Å². The third kappa shape index (κ3) is 5.47. The number of anilines is 3. The van der Waals surface area contributed by atoms with Gasteiger partial charge in [-0.3, -0.25) is 14.9 Å². The Morgan fingerprint density at radius 2 is 1.73 bits per heavy atom. The lowest BCUT2D eigenvalue weighted by Crippen LogP contribution is -2.24. The number of carbonyl (C=O) groups excluding carboxylic acids is 2. The number of hydrogen-bond acceptors (Lipinski definition) is 7. The number of amides is 1. The lowest BCUT2D eigenvalue weighted by atomic mass is 10.1. The largest absolute Gasteiger partial charge is 0.452 e. The molecule has 1 fully saturated rings. The van der Waals surface area contributed by atoms with E-state index in [1.54, 1.807) is 0 Å². The molecule has 0 spiro atoms. The molecule has 1 aliphatic rings. The molecule has 158 valence electrons. The molecule has 1 saturated heterocycles. The number of nitro groups is 1. The van der Waals surface area contributed by atoms with Crippen LogP contribution >= 0.6 is 0 Å². The van der Waals surface area contributed by atoms with Crippen molar-refractivity contribution in [2.75, 3.05) is 35.6 Å². The summed E-state index contributed by atoms with van der Waals surface area (Å²) in [5, 5.41) is 13.4. The van der Waals surface area contributed by atoms with E-state index in [-0.39, 0.29) is 16.9 Å². The molecule has 1 heterocycles. The summed E-state index contributed by atoms with van der Waals surface area (Å²) < 4.78 is 4.97. The number of rotatable bonds is 6. The van der Waals surface area contributed by atoms with Crippen LogP contribution in [-0.2, 0) is 9.53 Å². The zero-order chi connectivity index (χ0) is 21.5. The number of nitrogen functional groups attached to an aromatic ring is 1. The van der Waals surface area contributed by atoms with E-state index < -0.39 is 23.4 Å². The Hall–Kier alpha value is -3.62. The van der Waals surface area contributed by atoms with Gasteiger partial charge in [-0.15, -0.1) is 0 Å². The molecular formula is C21H24N4O5. The number of benzene rings is 2. The Kier molecular flexibility index (Phi) is 6.84. The number of non-ortho nitro benzene ring substituents is 1. The number of ether oxygens (including phenoxy) is 1. The first-order valence-corrected chi connectivity index (χ1v) is 9.80. The summed E-state index contributed by atoms with van der Waals surface area (Å²) in [5.41, 5.74) is 7.04. The van der Waals surface area contributed by atoms with E-state index in [0.717, 1.165) is 30.9 Å². The summed E-state index contributed by atoms with van der Waals surface area (Å²) in [4.78, 5) is 36.6. The van der Waals surface area contributed by atoms with Gasteiger partial charge in [-0.1, -0.05) is 12.8 Å². The van der Waals surface area contributed by atoms with Crippen molar-refractivity contribution in [3.05, 3.63) is 58.1 Å². The van der Waals surface area contributed by atoms with Crippen molar-refractivity contribution in [1.82, 2.24) is 0 Å².